The maximum Gasteiger partial charge on any atom is 0.339 e. The number of aliphatic carboxylic acids is 1. The lowest BCUT2D eigenvalue weighted by Crippen LogP contribution is -2.71. The number of carbonyl (C=O) groups is 4. The number of carboxylic acid groups (broad SMARTS) is 1. The van der Waals surface area contributed by atoms with Crippen LogP contribution in [-0.4, -0.2) is 105 Å². The lowest BCUT2D eigenvalue weighted by molar-refractivity contribution is -0.335. The van der Waals surface area contributed by atoms with Gasteiger partial charge in [-0.05, 0) is 98.7 Å². The fraction of sp³-hybridized carbons (Fsp3) is 0.842. The summed E-state index contributed by atoms with van der Waals surface area (Å²) in [5.41, 5.74) is -3.02. The van der Waals surface area contributed by atoms with Crippen LogP contribution in [0.25, 0.3) is 0 Å². The Kier molecular flexibility index (Phi) is 9.45. The number of hydrogen-bond acceptors (Lipinski definition) is 12. The number of ketones is 1. The number of esters is 2. The second-order valence-corrected chi connectivity index (χ2v) is 18.0. The first-order chi connectivity index (χ1) is 23.6. The van der Waals surface area contributed by atoms with Gasteiger partial charge < -0.3 is 44.5 Å². The molecule has 5 aliphatic carbocycles. The van der Waals surface area contributed by atoms with Gasteiger partial charge in [0.15, 0.2) is 24.3 Å². The van der Waals surface area contributed by atoms with Crippen LogP contribution in [0.5, 0.6) is 0 Å². The molecule has 13 heteroatoms. The van der Waals surface area contributed by atoms with Gasteiger partial charge in [-0.2, -0.15) is 0 Å². The number of hydrogen-bond donors (Lipinski definition) is 5. The molecule has 6 aliphatic rings. The van der Waals surface area contributed by atoms with E-state index in [1.807, 2.05) is 13.8 Å². The quantitative estimate of drug-likeness (QED) is 0.158. The van der Waals surface area contributed by atoms with Crippen molar-refractivity contribution in [2.75, 3.05) is 7.11 Å². The van der Waals surface area contributed by atoms with Gasteiger partial charge in [-0.3, -0.25) is 14.4 Å². The van der Waals surface area contributed by atoms with E-state index < -0.39 is 94.5 Å². The maximum atomic E-state index is 14.5. The Labute approximate surface area is 299 Å². The summed E-state index contributed by atoms with van der Waals surface area (Å²) >= 11 is 0. The standard InChI is InChI=1S/C38H56O13/c1-17(39)49-27-25(42)26(43)32(50-28(27)31(45)48-8)51-30-21(40)16-35(4)22-10-9-20-19-15-34(2,3)13-11-18(19)24(41)29(44)38(20,7)36(22,5)14-12-23(35)37(30,6)33(46)47/h9,18-19,21-28,30,32,40-43H,10-16H2,1-8H3,(H,46,47). The lowest BCUT2D eigenvalue weighted by atomic mass is 9.34. The highest BCUT2D eigenvalue weighted by atomic mass is 16.7. The number of carbonyl (C=O) groups excluding carboxylic acids is 3. The largest absolute Gasteiger partial charge is 0.481 e. The van der Waals surface area contributed by atoms with Gasteiger partial charge >= 0.3 is 17.9 Å². The summed E-state index contributed by atoms with van der Waals surface area (Å²) in [6, 6.07) is 0. The molecule has 1 saturated heterocycles. The van der Waals surface area contributed by atoms with Gasteiger partial charge in [0, 0.05) is 6.92 Å². The summed E-state index contributed by atoms with van der Waals surface area (Å²) in [5, 5.41) is 56.5. The summed E-state index contributed by atoms with van der Waals surface area (Å²) in [7, 11) is 1.06. The summed E-state index contributed by atoms with van der Waals surface area (Å²) in [6.07, 6.45) is -6.48. The minimum atomic E-state index is -1.89. The van der Waals surface area contributed by atoms with E-state index in [2.05, 4.69) is 26.8 Å². The highest BCUT2D eigenvalue weighted by molar-refractivity contribution is 5.94. The summed E-state index contributed by atoms with van der Waals surface area (Å²) in [4.78, 5) is 52.3. The first-order valence-electron chi connectivity index (χ1n) is 18.4. The number of Topliss-reactive ketones (excluding diaryl/α,β-unsaturated/α-hetero) is 1. The second-order valence-electron chi connectivity index (χ2n) is 18.0. The zero-order chi connectivity index (χ0) is 37.8. The van der Waals surface area contributed by atoms with E-state index in [-0.39, 0.29) is 35.4 Å². The van der Waals surface area contributed by atoms with Gasteiger partial charge in [-0.25, -0.2) is 4.79 Å². The van der Waals surface area contributed by atoms with Gasteiger partial charge in [0.05, 0.1) is 24.0 Å². The van der Waals surface area contributed by atoms with E-state index in [1.54, 1.807) is 0 Å². The average Bonchev–Trinajstić information content (AvgIpc) is 3.04. The fourth-order valence-electron chi connectivity index (χ4n) is 12.2. The molecule has 6 rings (SSSR count). The Morgan fingerprint density at radius 2 is 1.59 bits per heavy atom. The number of carboxylic acids is 1. The van der Waals surface area contributed by atoms with E-state index in [0.717, 1.165) is 38.9 Å². The molecule has 16 atom stereocenters. The van der Waals surface area contributed by atoms with Crippen LogP contribution in [0.15, 0.2) is 11.6 Å². The molecule has 16 unspecified atom stereocenters. The molecule has 0 aromatic heterocycles. The zero-order valence-electron chi connectivity index (χ0n) is 31.0. The number of fused-ring (bicyclic) bond motifs is 7. The van der Waals surface area contributed by atoms with Crippen LogP contribution in [0.1, 0.15) is 93.4 Å². The molecule has 0 amide bonds. The Morgan fingerprint density at radius 1 is 0.922 bits per heavy atom. The van der Waals surface area contributed by atoms with Crippen molar-refractivity contribution < 1.29 is 63.7 Å². The molecule has 286 valence electrons. The number of aliphatic hydroxyl groups is 4. The SMILES string of the molecule is COC(=O)C1OC(OC2C(O)CC3(C)C(CCC4(C)C3CC=C3C5CC(C)(C)CCC5C(O)C(=O)C34C)C2(C)C(=O)O)C(O)C(O)C1OC(C)=O. The number of rotatable bonds is 5. The molecule has 13 nitrogen and oxygen atoms in total. The second kappa shape index (κ2) is 12.6. The smallest absolute Gasteiger partial charge is 0.339 e. The van der Waals surface area contributed by atoms with Gasteiger partial charge in [-0.15, -0.1) is 0 Å². The third-order valence-electron chi connectivity index (χ3n) is 15.0. The zero-order valence-corrected chi connectivity index (χ0v) is 31.0. The van der Waals surface area contributed by atoms with Crippen molar-refractivity contribution in [3.05, 3.63) is 11.6 Å². The van der Waals surface area contributed by atoms with Crippen LogP contribution in [0, 0.1) is 50.7 Å². The fourth-order valence-corrected chi connectivity index (χ4v) is 12.2. The molecule has 1 heterocycles. The van der Waals surface area contributed by atoms with E-state index in [4.69, 9.17) is 18.9 Å². The summed E-state index contributed by atoms with van der Waals surface area (Å²) < 4.78 is 21.7. The van der Waals surface area contributed by atoms with Crippen molar-refractivity contribution in [1.29, 1.82) is 0 Å². The molecule has 5 fully saturated rings. The van der Waals surface area contributed by atoms with Crippen LogP contribution in [0.2, 0.25) is 0 Å². The van der Waals surface area contributed by atoms with Gasteiger partial charge in [0.2, 0.25) is 0 Å². The van der Waals surface area contributed by atoms with Gasteiger partial charge in [-0.1, -0.05) is 39.3 Å². The van der Waals surface area contributed by atoms with Crippen LogP contribution >= 0.6 is 0 Å². The molecule has 4 saturated carbocycles. The van der Waals surface area contributed by atoms with Gasteiger partial charge in [0.1, 0.15) is 24.4 Å². The van der Waals surface area contributed by atoms with Crippen molar-refractivity contribution in [3.8, 4) is 0 Å². The van der Waals surface area contributed by atoms with Crippen molar-refractivity contribution in [2.24, 2.45) is 50.7 Å². The third kappa shape index (κ3) is 5.38. The van der Waals surface area contributed by atoms with E-state index in [9.17, 15) is 44.7 Å². The Bertz CT molecular complexity index is 1490. The molecule has 0 aromatic carbocycles. The lowest BCUT2D eigenvalue weighted by Gasteiger charge is -2.70. The Morgan fingerprint density at radius 3 is 2.20 bits per heavy atom. The Balaban J connectivity index is 1.35. The molecule has 1 aliphatic heterocycles. The Hall–Kier alpha value is -2.42. The van der Waals surface area contributed by atoms with Crippen molar-refractivity contribution in [2.45, 2.75) is 142 Å². The van der Waals surface area contributed by atoms with Crippen molar-refractivity contribution in [3.63, 3.8) is 0 Å². The van der Waals surface area contributed by atoms with Crippen molar-refractivity contribution in [1.82, 2.24) is 0 Å². The molecule has 5 N–H and O–H groups in total. The minimum absolute atomic E-state index is 0.0696. The maximum absolute atomic E-state index is 14.5. The van der Waals surface area contributed by atoms with E-state index >= 15 is 0 Å². The average molecular weight is 721 g/mol. The predicted molar refractivity (Wildman–Crippen MR) is 178 cm³/mol. The molecule has 51 heavy (non-hydrogen) atoms. The van der Waals surface area contributed by atoms with Crippen LogP contribution in [0.4, 0.5) is 0 Å². The number of methoxy groups -OCH3 is 1. The predicted octanol–water partition coefficient (Wildman–Crippen LogP) is 2.54. The topological polar surface area (TPSA) is 206 Å². The summed E-state index contributed by atoms with van der Waals surface area (Å²) in [6.45, 7) is 13.1. The van der Waals surface area contributed by atoms with Crippen LogP contribution < -0.4 is 0 Å². The first kappa shape index (κ1) is 38.3. The number of aliphatic hydroxyl groups excluding tert-OH is 4. The van der Waals surface area contributed by atoms with Crippen LogP contribution in [0.3, 0.4) is 0 Å². The van der Waals surface area contributed by atoms with Crippen LogP contribution in [-0.2, 0) is 38.1 Å². The number of ether oxygens (including phenoxy) is 4. The highest BCUT2D eigenvalue weighted by Crippen LogP contribution is 2.74. The monoisotopic (exact) mass is 720 g/mol. The molecule has 0 spiro atoms. The molecule has 0 radical (unpaired) electrons. The van der Waals surface area contributed by atoms with Crippen molar-refractivity contribution >= 4 is 23.7 Å². The van der Waals surface area contributed by atoms with E-state index in [1.165, 1.54) is 6.92 Å². The molecule has 0 aromatic rings. The number of allylic oxidation sites excluding steroid dienone is 2. The third-order valence-corrected chi connectivity index (χ3v) is 15.0. The van der Waals surface area contributed by atoms with Gasteiger partial charge in [0.25, 0.3) is 0 Å². The normalized spacial score (nSPS) is 50.4. The highest BCUT2D eigenvalue weighted by Gasteiger charge is 2.73. The van der Waals surface area contributed by atoms with E-state index in [0.29, 0.717) is 19.3 Å². The summed E-state index contributed by atoms with van der Waals surface area (Å²) in [5.74, 6) is -4.14. The molecule has 0 bridgehead atoms. The molecular weight excluding hydrogens is 664 g/mol. The minimum Gasteiger partial charge on any atom is -0.481 e. The first-order valence-corrected chi connectivity index (χ1v) is 18.4. The molecular formula is C38H56O13.